The van der Waals surface area contributed by atoms with Gasteiger partial charge < -0.3 is 4.74 Å². The number of ketones is 3. The molecule has 0 N–H and O–H groups in total. The molecule has 0 aromatic heterocycles. The lowest BCUT2D eigenvalue weighted by Crippen LogP contribution is -2.44. The van der Waals surface area contributed by atoms with Gasteiger partial charge in [0, 0.05) is 27.0 Å². The van der Waals surface area contributed by atoms with Crippen LogP contribution in [0, 0.1) is 5.41 Å². The Bertz CT molecular complexity index is 2010. The Morgan fingerprint density at radius 1 is 0.587 bits per heavy atom. The van der Waals surface area contributed by atoms with Gasteiger partial charge in [-0.05, 0) is 40.5 Å². The Morgan fingerprint density at radius 2 is 1.00 bits per heavy atom. The van der Waals surface area contributed by atoms with Crippen LogP contribution < -0.4 is 15.9 Å². The SMILES string of the molecule is COC(=O)C1=C(c2ccc(Cl)cc2)C2(C(=O)C1=P(c1ccccc1)(c1ccccc1)c1ccccc1)C(=O)c1ccccc1C2=O. The highest BCUT2D eigenvalue weighted by Crippen LogP contribution is 2.59. The van der Waals surface area contributed by atoms with E-state index in [1.807, 2.05) is 91.0 Å². The van der Waals surface area contributed by atoms with Crippen LogP contribution in [-0.4, -0.2) is 35.7 Å². The number of halogens is 1. The monoisotopic (exact) mass is 640 g/mol. The quantitative estimate of drug-likeness (QED) is 0.132. The van der Waals surface area contributed by atoms with Crippen molar-refractivity contribution in [3.8, 4) is 0 Å². The van der Waals surface area contributed by atoms with E-state index < -0.39 is 35.6 Å². The van der Waals surface area contributed by atoms with Gasteiger partial charge in [0.15, 0.2) is 22.8 Å². The number of Topliss-reactive ketones (excluding diaryl/α,β-unsaturated/α-hetero) is 3. The topological polar surface area (TPSA) is 77.5 Å². The maximum Gasteiger partial charge on any atom is 0.339 e. The first-order chi connectivity index (χ1) is 22.4. The molecule has 0 atom stereocenters. The third kappa shape index (κ3) is 4.02. The zero-order chi connectivity index (χ0) is 32.1. The largest absolute Gasteiger partial charge is 0.465 e. The van der Waals surface area contributed by atoms with Gasteiger partial charge in [0.1, 0.15) is 0 Å². The van der Waals surface area contributed by atoms with Crippen LogP contribution in [0.2, 0.25) is 5.02 Å². The summed E-state index contributed by atoms with van der Waals surface area (Å²) in [4.78, 5) is 59.6. The van der Waals surface area contributed by atoms with E-state index in [0.29, 0.717) is 10.6 Å². The summed E-state index contributed by atoms with van der Waals surface area (Å²) in [6.07, 6.45) is 0. The summed E-state index contributed by atoms with van der Waals surface area (Å²) in [6, 6.07) is 41.5. The lowest BCUT2D eigenvalue weighted by molar-refractivity contribution is -0.135. The summed E-state index contributed by atoms with van der Waals surface area (Å²) < 4.78 is 5.44. The molecule has 5 aromatic carbocycles. The van der Waals surface area contributed by atoms with Crippen LogP contribution >= 0.6 is 18.5 Å². The first-order valence-electron chi connectivity index (χ1n) is 14.6. The van der Waals surface area contributed by atoms with Gasteiger partial charge in [-0.15, -0.1) is 0 Å². The summed E-state index contributed by atoms with van der Waals surface area (Å²) in [5.41, 5.74) is -1.75. The summed E-state index contributed by atoms with van der Waals surface area (Å²) in [7, 11) is 1.24. The Morgan fingerprint density at radius 3 is 1.41 bits per heavy atom. The van der Waals surface area contributed by atoms with Crippen molar-refractivity contribution >= 4 is 68.6 Å². The summed E-state index contributed by atoms with van der Waals surface area (Å²) in [6.45, 7) is -3.30. The Balaban J connectivity index is 1.79. The van der Waals surface area contributed by atoms with E-state index in [1.54, 1.807) is 48.5 Å². The van der Waals surface area contributed by atoms with E-state index in [1.165, 1.54) is 7.11 Å². The van der Waals surface area contributed by atoms with E-state index in [9.17, 15) is 14.4 Å². The molecule has 7 heteroatoms. The van der Waals surface area contributed by atoms with Gasteiger partial charge in [-0.2, -0.15) is 0 Å². The highest BCUT2D eigenvalue weighted by Gasteiger charge is 2.67. The second-order valence-electron chi connectivity index (χ2n) is 11.1. The summed E-state index contributed by atoms with van der Waals surface area (Å²) in [5.74, 6) is -2.85. The number of ether oxygens (including phenoxy) is 1. The highest BCUT2D eigenvalue weighted by molar-refractivity contribution is 7.97. The van der Waals surface area contributed by atoms with E-state index in [2.05, 4.69) is 0 Å². The molecule has 0 saturated carbocycles. The average Bonchev–Trinajstić information content (AvgIpc) is 3.51. The first-order valence-corrected chi connectivity index (χ1v) is 16.8. The Hall–Kier alpha value is -5.09. The molecule has 0 aliphatic heterocycles. The number of hydrogen-bond acceptors (Lipinski definition) is 5. The van der Waals surface area contributed by atoms with Crippen molar-refractivity contribution in [1.29, 1.82) is 0 Å². The highest BCUT2D eigenvalue weighted by atomic mass is 35.5. The van der Waals surface area contributed by atoms with Gasteiger partial charge in [-0.25, -0.2) is 4.79 Å². The third-order valence-electron chi connectivity index (χ3n) is 8.80. The van der Waals surface area contributed by atoms with Gasteiger partial charge in [0.05, 0.1) is 12.7 Å². The molecular formula is C39H26ClO5P. The van der Waals surface area contributed by atoms with Crippen molar-refractivity contribution in [3.63, 3.8) is 0 Å². The molecule has 1 spiro atoms. The molecule has 0 saturated heterocycles. The van der Waals surface area contributed by atoms with Crippen LogP contribution in [0.3, 0.4) is 0 Å². The van der Waals surface area contributed by atoms with Crippen LogP contribution in [-0.2, 0) is 14.3 Å². The van der Waals surface area contributed by atoms with Crippen molar-refractivity contribution in [2.45, 2.75) is 0 Å². The lowest BCUT2D eigenvalue weighted by Gasteiger charge is -2.32. The fourth-order valence-corrected chi connectivity index (χ4v) is 11.6. The Labute approximate surface area is 271 Å². The number of methoxy groups -OCH3 is 1. The van der Waals surface area contributed by atoms with Gasteiger partial charge in [0.25, 0.3) is 0 Å². The first kappa shape index (κ1) is 29.6. The predicted octanol–water partition coefficient (Wildman–Crippen LogP) is 6.08. The minimum atomic E-state index is -3.30. The van der Waals surface area contributed by atoms with Crippen LogP contribution in [0.1, 0.15) is 26.3 Å². The van der Waals surface area contributed by atoms with Crippen molar-refractivity contribution < 1.29 is 23.9 Å². The zero-order valence-electron chi connectivity index (χ0n) is 24.6. The maximum absolute atomic E-state index is 15.7. The minimum Gasteiger partial charge on any atom is -0.465 e. The molecule has 0 heterocycles. The van der Waals surface area contributed by atoms with E-state index in [-0.39, 0.29) is 27.6 Å². The van der Waals surface area contributed by atoms with Gasteiger partial charge in [0.2, 0.25) is 0 Å². The molecule has 5 nitrogen and oxygen atoms in total. The van der Waals surface area contributed by atoms with Crippen LogP contribution in [0.5, 0.6) is 0 Å². The molecule has 0 bridgehead atoms. The molecule has 2 aliphatic carbocycles. The van der Waals surface area contributed by atoms with Crippen molar-refractivity contribution in [3.05, 3.63) is 167 Å². The number of fused-ring (bicyclic) bond motifs is 1. The second-order valence-corrected chi connectivity index (χ2v) is 14.8. The zero-order valence-corrected chi connectivity index (χ0v) is 26.3. The molecular weight excluding hydrogens is 615 g/mol. The van der Waals surface area contributed by atoms with Crippen LogP contribution in [0.4, 0.5) is 0 Å². The molecule has 0 fully saturated rings. The number of esters is 1. The molecule has 46 heavy (non-hydrogen) atoms. The molecule has 0 unspecified atom stereocenters. The van der Waals surface area contributed by atoms with Crippen LogP contribution in [0.15, 0.2) is 145 Å². The van der Waals surface area contributed by atoms with Crippen LogP contribution in [0.25, 0.3) is 5.57 Å². The number of allylic oxidation sites excluding steroid dienone is 1. The van der Waals surface area contributed by atoms with Crippen molar-refractivity contribution in [1.82, 2.24) is 0 Å². The number of rotatable bonds is 5. The summed E-state index contributed by atoms with van der Waals surface area (Å²) in [5, 5.41) is 2.85. The minimum absolute atomic E-state index is 0.0226. The smallest absolute Gasteiger partial charge is 0.339 e. The molecule has 5 aromatic rings. The summed E-state index contributed by atoms with van der Waals surface area (Å²) >= 11 is 6.29. The molecule has 224 valence electrons. The van der Waals surface area contributed by atoms with Crippen molar-refractivity contribution in [2.24, 2.45) is 5.41 Å². The lowest BCUT2D eigenvalue weighted by atomic mass is 9.73. The third-order valence-corrected chi connectivity index (χ3v) is 13.4. The van der Waals surface area contributed by atoms with Crippen molar-refractivity contribution in [2.75, 3.05) is 7.11 Å². The Kier molecular flexibility index (Phi) is 7.32. The van der Waals surface area contributed by atoms with Gasteiger partial charge in [-0.1, -0.05) is 139 Å². The number of carbonyl (C=O) groups excluding carboxylic acids is 4. The number of carbonyl (C=O) groups is 4. The number of benzene rings is 5. The van der Waals surface area contributed by atoms with Gasteiger partial charge in [-0.3, -0.25) is 14.4 Å². The fraction of sp³-hybridized carbons (Fsp3) is 0.0513. The fourth-order valence-electron chi connectivity index (χ4n) is 6.92. The van der Waals surface area contributed by atoms with E-state index in [0.717, 1.165) is 15.9 Å². The average molecular weight is 641 g/mol. The number of hydrogen-bond donors (Lipinski definition) is 0. The molecule has 0 amide bonds. The molecule has 2 aliphatic rings. The van der Waals surface area contributed by atoms with E-state index in [4.69, 9.17) is 16.3 Å². The second kappa shape index (κ2) is 11.4. The maximum atomic E-state index is 15.7. The standard InChI is InChI=1S/C39H26ClO5P/c1-45-38(44)32-33(25-21-23-26(40)24-22-25)39(35(41)30-19-11-12-20-31(30)36(39)42)37(43)34(32)46(27-13-5-2-6-14-27,28-15-7-3-8-16-28)29-17-9-4-10-18-29/h2-24H,1H3. The van der Waals surface area contributed by atoms with E-state index >= 15 is 4.79 Å². The van der Waals surface area contributed by atoms with Gasteiger partial charge >= 0.3 is 5.97 Å². The molecule has 7 rings (SSSR count). The normalized spacial score (nSPS) is 15.4. The molecule has 0 radical (unpaired) electrons. The predicted molar refractivity (Wildman–Crippen MR) is 183 cm³/mol.